The van der Waals surface area contributed by atoms with Crippen molar-refractivity contribution in [3.63, 3.8) is 0 Å². The second-order valence-electron chi connectivity index (χ2n) is 5.55. The Kier molecular flexibility index (Phi) is 4.31. The largest absolute Gasteiger partial charge is 0.384 e. The smallest absolute Gasteiger partial charge is 0.243 e. The number of methoxy groups -OCH3 is 1. The van der Waals surface area contributed by atoms with E-state index in [4.69, 9.17) is 9.26 Å². The molecule has 0 bridgehead atoms. The molecule has 0 saturated carbocycles. The number of ether oxygens (including phenoxy) is 1. The van der Waals surface area contributed by atoms with Gasteiger partial charge in [0.05, 0.1) is 12.6 Å². The van der Waals surface area contributed by atoms with Crippen molar-refractivity contribution in [1.82, 2.24) is 15.5 Å². The number of fused-ring (bicyclic) bond motifs is 1. The number of benzene rings is 1. The van der Waals surface area contributed by atoms with Gasteiger partial charge in [-0.3, -0.25) is 0 Å². The lowest BCUT2D eigenvalue weighted by atomic mass is 10.1. The van der Waals surface area contributed by atoms with Crippen LogP contribution in [0.2, 0.25) is 0 Å². The molecule has 1 aliphatic rings. The molecule has 21 heavy (non-hydrogen) atoms. The van der Waals surface area contributed by atoms with Crippen molar-refractivity contribution in [2.24, 2.45) is 0 Å². The summed E-state index contributed by atoms with van der Waals surface area (Å²) in [6, 6.07) is 9.11. The van der Waals surface area contributed by atoms with Gasteiger partial charge in [-0.05, 0) is 30.9 Å². The van der Waals surface area contributed by atoms with E-state index >= 15 is 0 Å². The van der Waals surface area contributed by atoms with Gasteiger partial charge in [0, 0.05) is 19.6 Å². The summed E-state index contributed by atoms with van der Waals surface area (Å²) in [5.74, 6) is 1.35. The lowest BCUT2D eigenvalue weighted by Crippen LogP contribution is -2.32. The second-order valence-corrected chi connectivity index (χ2v) is 5.55. The zero-order valence-electron chi connectivity index (χ0n) is 12.5. The van der Waals surface area contributed by atoms with Crippen molar-refractivity contribution in [1.29, 1.82) is 0 Å². The third-order valence-electron chi connectivity index (χ3n) is 3.92. The molecule has 0 fully saturated rings. The molecule has 0 amide bonds. The molecule has 1 N–H and O–H groups in total. The van der Waals surface area contributed by atoms with Crippen LogP contribution in [0.15, 0.2) is 28.8 Å². The fourth-order valence-corrected chi connectivity index (χ4v) is 2.84. The monoisotopic (exact) mass is 287 g/mol. The van der Waals surface area contributed by atoms with Crippen LogP contribution in [0.4, 0.5) is 0 Å². The van der Waals surface area contributed by atoms with Crippen molar-refractivity contribution in [2.45, 2.75) is 38.3 Å². The van der Waals surface area contributed by atoms with E-state index < -0.39 is 0 Å². The molecule has 112 valence electrons. The summed E-state index contributed by atoms with van der Waals surface area (Å²) >= 11 is 0. The van der Waals surface area contributed by atoms with E-state index in [2.05, 4.69) is 46.6 Å². The van der Waals surface area contributed by atoms with Gasteiger partial charge >= 0.3 is 0 Å². The lowest BCUT2D eigenvalue weighted by Gasteiger charge is -2.15. The Hall–Kier alpha value is -1.72. The van der Waals surface area contributed by atoms with E-state index in [9.17, 15) is 0 Å². The normalized spacial score (nSPS) is 16.1. The number of rotatable bonds is 6. The molecular formula is C16H21N3O2. The predicted octanol–water partition coefficient (Wildman–Crippen LogP) is 2.08. The molecular weight excluding hydrogens is 266 g/mol. The highest BCUT2D eigenvalue weighted by atomic mass is 16.5. The number of hydrogen-bond acceptors (Lipinski definition) is 5. The van der Waals surface area contributed by atoms with E-state index in [0.29, 0.717) is 30.8 Å². The first kappa shape index (κ1) is 14.2. The maximum Gasteiger partial charge on any atom is 0.243 e. The van der Waals surface area contributed by atoms with E-state index in [-0.39, 0.29) is 6.04 Å². The molecule has 0 spiro atoms. The van der Waals surface area contributed by atoms with Crippen LogP contribution in [0.3, 0.4) is 0 Å². The Balaban J connectivity index is 1.57. The number of aromatic nitrogens is 2. The van der Waals surface area contributed by atoms with Crippen LogP contribution in [-0.2, 0) is 24.0 Å². The van der Waals surface area contributed by atoms with Crippen LogP contribution in [0.5, 0.6) is 0 Å². The minimum atomic E-state index is 0.0631. The SMILES string of the molecule is COCCc1noc(C(C)NC2Cc3ccccc3C2)n1. The quantitative estimate of drug-likeness (QED) is 0.881. The van der Waals surface area contributed by atoms with E-state index in [1.54, 1.807) is 7.11 Å². The summed E-state index contributed by atoms with van der Waals surface area (Å²) < 4.78 is 10.4. The molecule has 1 unspecified atom stereocenters. The van der Waals surface area contributed by atoms with Crippen LogP contribution in [-0.4, -0.2) is 29.9 Å². The fraction of sp³-hybridized carbons (Fsp3) is 0.500. The molecule has 0 radical (unpaired) electrons. The van der Waals surface area contributed by atoms with Crippen molar-refractivity contribution < 1.29 is 9.26 Å². The van der Waals surface area contributed by atoms with Gasteiger partial charge in [0.25, 0.3) is 0 Å². The zero-order valence-corrected chi connectivity index (χ0v) is 12.5. The third-order valence-corrected chi connectivity index (χ3v) is 3.92. The average Bonchev–Trinajstić information content (AvgIpc) is 3.11. The zero-order chi connectivity index (χ0) is 14.7. The molecule has 5 heteroatoms. The van der Waals surface area contributed by atoms with Gasteiger partial charge in [-0.15, -0.1) is 0 Å². The van der Waals surface area contributed by atoms with Crippen LogP contribution in [0, 0.1) is 0 Å². The predicted molar refractivity (Wildman–Crippen MR) is 79.1 cm³/mol. The molecule has 0 aliphatic heterocycles. The average molecular weight is 287 g/mol. The summed E-state index contributed by atoms with van der Waals surface area (Å²) in [7, 11) is 1.67. The van der Waals surface area contributed by atoms with Gasteiger partial charge in [0.1, 0.15) is 0 Å². The topological polar surface area (TPSA) is 60.2 Å². The highest BCUT2D eigenvalue weighted by Crippen LogP contribution is 2.23. The standard InChI is InChI=1S/C16H21N3O2/c1-11(16-18-15(19-21-16)7-8-20-2)17-14-9-12-5-3-4-6-13(12)10-14/h3-6,11,14,17H,7-10H2,1-2H3. The van der Waals surface area contributed by atoms with Crippen LogP contribution >= 0.6 is 0 Å². The highest BCUT2D eigenvalue weighted by Gasteiger charge is 2.24. The third kappa shape index (κ3) is 3.31. The Morgan fingerprint density at radius 3 is 2.71 bits per heavy atom. The van der Waals surface area contributed by atoms with Crippen molar-refractivity contribution in [3.8, 4) is 0 Å². The maximum atomic E-state index is 5.33. The van der Waals surface area contributed by atoms with Gasteiger partial charge in [-0.25, -0.2) is 0 Å². The van der Waals surface area contributed by atoms with Crippen molar-refractivity contribution in [2.75, 3.05) is 13.7 Å². The van der Waals surface area contributed by atoms with Gasteiger partial charge in [0.2, 0.25) is 5.89 Å². The van der Waals surface area contributed by atoms with Gasteiger partial charge < -0.3 is 14.6 Å². The summed E-state index contributed by atoms with van der Waals surface area (Å²) in [5.41, 5.74) is 2.88. The second kappa shape index (κ2) is 6.37. The minimum Gasteiger partial charge on any atom is -0.384 e. The molecule has 1 aliphatic carbocycles. The number of nitrogens with one attached hydrogen (secondary N) is 1. The molecule has 1 atom stereocenters. The van der Waals surface area contributed by atoms with E-state index in [0.717, 1.165) is 12.8 Å². The summed E-state index contributed by atoms with van der Waals surface area (Å²) in [5, 5.41) is 7.57. The molecule has 0 saturated heterocycles. The van der Waals surface area contributed by atoms with Gasteiger partial charge in [-0.2, -0.15) is 4.98 Å². The Morgan fingerprint density at radius 2 is 2.05 bits per heavy atom. The number of hydrogen-bond donors (Lipinski definition) is 1. The van der Waals surface area contributed by atoms with E-state index in [1.807, 2.05) is 0 Å². The molecule has 3 rings (SSSR count). The van der Waals surface area contributed by atoms with Crippen molar-refractivity contribution in [3.05, 3.63) is 47.1 Å². The summed E-state index contributed by atoms with van der Waals surface area (Å²) in [6.45, 7) is 2.68. The van der Waals surface area contributed by atoms with Gasteiger partial charge in [0.15, 0.2) is 5.82 Å². The van der Waals surface area contributed by atoms with Crippen molar-refractivity contribution >= 4 is 0 Å². The van der Waals surface area contributed by atoms with Crippen LogP contribution in [0.1, 0.15) is 35.8 Å². The molecule has 5 nitrogen and oxygen atoms in total. The first-order valence-corrected chi connectivity index (χ1v) is 7.40. The maximum absolute atomic E-state index is 5.33. The molecule has 1 aromatic heterocycles. The van der Waals surface area contributed by atoms with Crippen LogP contribution in [0.25, 0.3) is 0 Å². The van der Waals surface area contributed by atoms with Gasteiger partial charge in [-0.1, -0.05) is 29.4 Å². The lowest BCUT2D eigenvalue weighted by molar-refractivity contribution is 0.199. The Bertz CT molecular complexity index is 572. The Morgan fingerprint density at radius 1 is 1.33 bits per heavy atom. The summed E-state index contributed by atoms with van der Waals surface area (Å²) in [4.78, 5) is 4.42. The highest BCUT2D eigenvalue weighted by molar-refractivity contribution is 5.33. The number of nitrogens with zero attached hydrogens (tertiary/aromatic N) is 2. The molecule has 1 heterocycles. The molecule has 1 aromatic carbocycles. The summed E-state index contributed by atoms with van der Waals surface area (Å²) in [6.07, 6.45) is 2.80. The fourth-order valence-electron chi connectivity index (χ4n) is 2.84. The Labute approximate surface area is 124 Å². The first-order chi connectivity index (χ1) is 10.3. The minimum absolute atomic E-state index is 0.0631. The molecule has 2 aromatic rings. The van der Waals surface area contributed by atoms with Crippen LogP contribution < -0.4 is 5.32 Å². The van der Waals surface area contributed by atoms with E-state index in [1.165, 1.54) is 11.1 Å². The first-order valence-electron chi connectivity index (χ1n) is 7.40.